The summed E-state index contributed by atoms with van der Waals surface area (Å²) in [7, 11) is 3.57. The number of hydrogen-bond acceptors (Lipinski definition) is 2. The van der Waals surface area contributed by atoms with Crippen LogP contribution in [0, 0.1) is 16.7 Å². The summed E-state index contributed by atoms with van der Waals surface area (Å²) in [4.78, 5) is 0. The Kier molecular flexibility index (Phi) is 2.04. The summed E-state index contributed by atoms with van der Waals surface area (Å²) < 4.78 is 11.4. The second-order valence-corrected chi connectivity index (χ2v) is 5.65. The molecule has 0 aromatic heterocycles. The van der Waals surface area contributed by atoms with Crippen LogP contribution in [-0.4, -0.2) is 20.0 Å². The normalized spacial score (nSPS) is 43.1. The highest BCUT2D eigenvalue weighted by Gasteiger charge is 2.70. The van der Waals surface area contributed by atoms with Crippen LogP contribution < -0.4 is 0 Å². The van der Waals surface area contributed by atoms with E-state index in [1.54, 1.807) is 14.2 Å². The largest absolute Gasteiger partial charge is 0.353 e. The van der Waals surface area contributed by atoms with E-state index in [0.29, 0.717) is 5.41 Å². The van der Waals surface area contributed by atoms with E-state index < -0.39 is 0 Å². The minimum atomic E-state index is -0.334. The fourth-order valence-electron chi connectivity index (χ4n) is 3.89. The van der Waals surface area contributed by atoms with Crippen LogP contribution in [0.4, 0.5) is 0 Å². The van der Waals surface area contributed by atoms with Gasteiger partial charge in [-0.25, -0.2) is 0 Å². The first kappa shape index (κ1) is 10.4. The van der Waals surface area contributed by atoms with E-state index >= 15 is 0 Å². The summed E-state index contributed by atoms with van der Waals surface area (Å²) in [6.45, 7) is 7.06. The molecule has 2 fully saturated rings. The standard InChI is InChI=1S/C12H22O2/c1-10(2)9-6-7-11(10,3)12(8-9,13-4)14-5/h9H,6-8H2,1-5H3/t9-,11-/m0/s1. The van der Waals surface area contributed by atoms with Crippen LogP contribution in [0.1, 0.15) is 40.0 Å². The van der Waals surface area contributed by atoms with Gasteiger partial charge >= 0.3 is 0 Å². The van der Waals surface area contributed by atoms with Crippen molar-refractivity contribution in [1.82, 2.24) is 0 Å². The minimum Gasteiger partial charge on any atom is -0.353 e. The number of hydrogen-bond donors (Lipinski definition) is 0. The Labute approximate surface area is 87.0 Å². The van der Waals surface area contributed by atoms with Crippen molar-refractivity contribution in [2.75, 3.05) is 14.2 Å². The lowest BCUT2D eigenvalue weighted by molar-refractivity contribution is -0.275. The molecule has 0 unspecified atom stereocenters. The maximum Gasteiger partial charge on any atom is 0.173 e. The van der Waals surface area contributed by atoms with Crippen LogP contribution in [0.3, 0.4) is 0 Å². The third kappa shape index (κ3) is 0.849. The molecular weight excluding hydrogens is 176 g/mol. The van der Waals surface area contributed by atoms with Crippen LogP contribution in [-0.2, 0) is 9.47 Å². The third-order valence-electron chi connectivity index (χ3n) is 5.45. The molecule has 0 radical (unpaired) electrons. The number of ether oxygens (including phenoxy) is 2. The van der Waals surface area contributed by atoms with Gasteiger partial charge in [-0.2, -0.15) is 0 Å². The van der Waals surface area contributed by atoms with Crippen molar-refractivity contribution < 1.29 is 9.47 Å². The first-order valence-corrected chi connectivity index (χ1v) is 5.54. The van der Waals surface area contributed by atoms with Gasteiger partial charge in [0, 0.05) is 26.1 Å². The molecule has 0 aliphatic heterocycles. The van der Waals surface area contributed by atoms with Crippen molar-refractivity contribution in [1.29, 1.82) is 0 Å². The fraction of sp³-hybridized carbons (Fsp3) is 1.00. The Hall–Kier alpha value is -0.0800. The van der Waals surface area contributed by atoms with Gasteiger partial charge in [-0.1, -0.05) is 20.8 Å². The zero-order chi connectivity index (χ0) is 10.6. The summed E-state index contributed by atoms with van der Waals surface area (Å²) in [6.07, 6.45) is 3.62. The predicted octanol–water partition coefficient (Wildman–Crippen LogP) is 2.82. The van der Waals surface area contributed by atoms with Gasteiger partial charge in [0.25, 0.3) is 0 Å². The third-order valence-corrected chi connectivity index (χ3v) is 5.45. The van der Waals surface area contributed by atoms with Crippen molar-refractivity contribution in [3.05, 3.63) is 0 Å². The maximum atomic E-state index is 5.70. The molecule has 2 saturated carbocycles. The molecule has 0 aromatic rings. The van der Waals surface area contributed by atoms with Gasteiger partial charge in [0.2, 0.25) is 0 Å². The Balaban J connectivity index is 2.44. The highest BCUT2D eigenvalue weighted by atomic mass is 16.7. The van der Waals surface area contributed by atoms with Crippen LogP contribution in [0.5, 0.6) is 0 Å². The lowest BCUT2D eigenvalue weighted by atomic mass is 9.68. The second-order valence-electron chi connectivity index (χ2n) is 5.65. The topological polar surface area (TPSA) is 18.5 Å². The molecule has 2 rings (SSSR count). The average Bonchev–Trinajstić information content (AvgIpc) is 2.48. The van der Waals surface area contributed by atoms with Crippen molar-refractivity contribution in [3.63, 3.8) is 0 Å². The van der Waals surface area contributed by atoms with Crippen LogP contribution in [0.2, 0.25) is 0 Å². The van der Waals surface area contributed by atoms with Gasteiger partial charge in [0.1, 0.15) is 0 Å². The number of fused-ring (bicyclic) bond motifs is 2. The summed E-state index contributed by atoms with van der Waals surface area (Å²) in [6, 6.07) is 0. The molecule has 0 saturated heterocycles. The first-order chi connectivity index (χ1) is 6.43. The lowest BCUT2D eigenvalue weighted by Crippen LogP contribution is -2.50. The van der Waals surface area contributed by atoms with Gasteiger partial charge in [-0.15, -0.1) is 0 Å². The molecule has 2 aliphatic carbocycles. The molecule has 0 spiro atoms. The summed E-state index contributed by atoms with van der Waals surface area (Å²) in [5.74, 6) is 0.423. The molecule has 2 atom stereocenters. The van der Waals surface area contributed by atoms with Crippen molar-refractivity contribution in [2.45, 2.75) is 45.8 Å². The van der Waals surface area contributed by atoms with E-state index in [1.807, 2.05) is 0 Å². The smallest absolute Gasteiger partial charge is 0.173 e. The molecule has 2 bridgehead atoms. The van der Waals surface area contributed by atoms with Crippen LogP contribution >= 0.6 is 0 Å². The molecule has 14 heavy (non-hydrogen) atoms. The molecule has 2 heteroatoms. The second kappa shape index (κ2) is 2.73. The molecule has 2 aliphatic rings. The van der Waals surface area contributed by atoms with Crippen LogP contribution in [0.15, 0.2) is 0 Å². The van der Waals surface area contributed by atoms with Crippen molar-refractivity contribution in [3.8, 4) is 0 Å². The Bertz CT molecular complexity index is 243. The molecular formula is C12H22O2. The van der Waals surface area contributed by atoms with E-state index in [9.17, 15) is 0 Å². The monoisotopic (exact) mass is 198 g/mol. The van der Waals surface area contributed by atoms with Gasteiger partial charge in [0.15, 0.2) is 5.79 Å². The summed E-state index contributed by atoms with van der Waals surface area (Å²) >= 11 is 0. The summed E-state index contributed by atoms with van der Waals surface area (Å²) in [5, 5.41) is 0. The average molecular weight is 198 g/mol. The maximum absolute atomic E-state index is 5.70. The molecule has 82 valence electrons. The quantitative estimate of drug-likeness (QED) is 0.635. The SMILES string of the molecule is COC1(OC)C[C@@H]2CC[C@@]1(C)C2(C)C. The minimum absolute atomic E-state index is 0.175. The fourth-order valence-corrected chi connectivity index (χ4v) is 3.89. The molecule has 2 nitrogen and oxygen atoms in total. The Morgan fingerprint density at radius 1 is 1.07 bits per heavy atom. The molecule has 0 aromatic carbocycles. The van der Waals surface area contributed by atoms with Gasteiger partial charge in [-0.05, 0) is 24.2 Å². The first-order valence-electron chi connectivity index (χ1n) is 5.54. The predicted molar refractivity (Wildman–Crippen MR) is 56.0 cm³/mol. The van der Waals surface area contributed by atoms with Gasteiger partial charge in [0.05, 0.1) is 0 Å². The molecule has 0 amide bonds. The van der Waals surface area contributed by atoms with E-state index in [4.69, 9.17) is 9.47 Å². The van der Waals surface area contributed by atoms with E-state index in [1.165, 1.54) is 12.8 Å². The van der Waals surface area contributed by atoms with Gasteiger partial charge in [-0.3, -0.25) is 0 Å². The molecule has 0 heterocycles. The number of rotatable bonds is 2. The Morgan fingerprint density at radius 2 is 1.64 bits per heavy atom. The van der Waals surface area contributed by atoms with Gasteiger partial charge < -0.3 is 9.47 Å². The molecule has 0 N–H and O–H groups in total. The highest BCUT2D eigenvalue weighted by Crippen LogP contribution is 2.70. The van der Waals surface area contributed by atoms with E-state index in [-0.39, 0.29) is 11.2 Å². The lowest BCUT2D eigenvalue weighted by Gasteiger charge is -2.46. The Morgan fingerprint density at radius 3 is 1.86 bits per heavy atom. The zero-order valence-electron chi connectivity index (χ0n) is 10.0. The van der Waals surface area contributed by atoms with Crippen LogP contribution in [0.25, 0.3) is 0 Å². The van der Waals surface area contributed by atoms with Crippen molar-refractivity contribution >= 4 is 0 Å². The zero-order valence-corrected chi connectivity index (χ0v) is 10.0. The van der Waals surface area contributed by atoms with Crippen molar-refractivity contribution in [2.24, 2.45) is 16.7 Å². The number of methoxy groups -OCH3 is 2. The van der Waals surface area contributed by atoms with E-state index in [0.717, 1.165) is 12.3 Å². The highest BCUT2D eigenvalue weighted by molar-refractivity contribution is 5.15. The summed E-state index contributed by atoms with van der Waals surface area (Å²) in [5.41, 5.74) is 0.521. The van der Waals surface area contributed by atoms with E-state index in [2.05, 4.69) is 20.8 Å².